The molecular weight excluding hydrogens is 166 g/mol. The fourth-order valence-corrected chi connectivity index (χ4v) is 1.61. The van der Waals surface area contributed by atoms with E-state index >= 15 is 0 Å². The molecule has 2 N–H and O–H groups in total. The second-order valence-corrected chi connectivity index (χ2v) is 3.67. The summed E-state index contributed by atoms with van der Waals surface area (Å²) in [5.41, 5.74) is 0. The highest BCUT2D eigenvalue weighted by Crippen LogP contribution is 2.09. The van der Waals surface area contributed by atoms with Crippen molar-refractivity contribution < 1.29 is 9.84 Å². The number of hydrogen-bond acceptors (Lipinski definition) is 3. The maximum atomic E-state index is 9.47. The molecule has 1 saturated heterocycles. The number of unbranched alkanes of at least 4 members (excludes halogenated alkanes) is 1. The van der Waals surface area contributed by atoms with Crippen molar-refractivity contribution in [1.29, 1.82) is 0 Å². The van der Waals surface area contributed by atoms with Gasteiger partial charge in [-0.05, 0) is 25.8 Å². The van der Waals surface area contributed by atoms with Gasteiger partial charge in [0.05, 0.1) is 6.10 Å². The van der Waals surface area contributed by atoms with Gasteiger partial charge in [0.25, 0.3) is 0 Å². The minimum absolute atomic E-state index is 0.158. The van der Waals surface area contributed by atoms with Crippen LogP contribution in [0.25, 0.3) is 0 Å². The van der Waals surface area contributed by atoms with E-state index in [-0.39, 0.29) is 12.1 Å². The van der Waals surface area contributed by atoms with Crippen LogP contribution in [0, 0.1) is 0 Å². The van der Waals surface area contributed by atoms with E-state index in [9.17, 15) is 5.11 Å². The van der Waals surface area contributed by atoms with E-state index < -0.39 is 0 Å². The molecule has 1 aliphatic heterocycles. The smallest absolute Gasteiger partial charge is 0.0706 e. The third-order valence-electron chi connectivity index (χ3n) is 2.53. The van der Waals surface area contributed by atoms with Crippen LogP contribution >= 0.6 is 0 Å². The monoisotopic (exact) mass is 187 g/mol. The first kappa shape index (κ1) is 11.0. The molecule has 0 amide bonds. The first-order valence-electron chi connectivity index (χ1n) is 5.33. The average molecular weight is 187 g/mol. The highest BCUT2D eigenvalue weighted by Gasteiger charge is 2.23. The Hall–Kier alpha value is -0.120. The van der Waals surface area contributed by atoms with Crippen molar-refractivity contribution in [3.05, 3.63) is 0 Å². The molecule has 3 heteroatoms. The Bertz CT molecular complexity index is 130. The van der Waals surface area contributed by atoms with Crippen LogP contribution in [0.3, 0.4) is 0 Å². The molecular formula is C10H21NO2. The molecule has 3 nitrogen and oxygen atoms in total. The first-order chi connectivity index (χ1) is 6.34. The minimum Gasteiger partial charge on any atom is -0.391 e. The van der Waals surface area contributed by atoms with Crippen LogP contribution in [0.2, 0.25) is 0 Å². The summed E-state index contributed by atoms with van der Waals surface area (Å²) in [5, 5.41) is 12.7. The quantitative estimate of drug-likeness (QED) is 0.607. The molecule has 0 bridgehead atoms. The lowest BCUT2D eigenvalue weighted by Crippen LogP contribution is -2.31. The van der Waals surface area contributed by atoms with Gasteiger partial charge in [-0.2, -0.15) is 0 Å². The van der Waals surface area contributed by atoms with Crippen molar-refractivity contribution in [2.75, 3.05) is 19.8 Å². The maximum Gasteiger partial charge on any atom is 0.0706 e. The Morgan fingerprint density at radius 3 is 2.92 bits per heavy atom. The Labute approximate surface area is 80.5 Å². The third kappa shape index (κ3) is 4.07. The van der Waals surface area contributed by atoms with Crippen molar-refractivity contribution in [2.24, 2.45) is 0 Å². The van der Waals surface area contributed by atoms with E-state index in [1.54, 1.807) is 0 Å². The van der Waals surface area contributed by atoms with Crippen LogP contribution in [0.1, 0.15) is 32.6 Å². The molecule has 78 valence electrons. The summed E-state index contributed by atoms with van der Waals surface area (Å²) in [6.07, 6.45) is 3.99. The number of hydrogen-bond donors (Lipinski definition) is 2. The molecule has 0 spiro atoms. The van der Waals surface area contributed by atoms with Crippen LogP contribution in [0.4, 0.5) is 0 Å². The second-order valence-electron chi connectivity index (χ2n) is 3.67. The van der Waals surface area contributed by atoms with Gasteiger partial charge in [-0.15, -0.1) is 0 Å². The number of aliphatic hydroxyl groups is 1. The first-order valence-corrected chi connectivity index (χ1v) is 5.33. The summed E-state index contributed by atoms with van der Waals surface area (Å²) >= 11 is 0. The Morgan fingerprint density at radius 1 is 1.46 bits per heavy atom. The van der Waals surface area contributed by atoms with Crippen molar-refractivity contribution in [2.45, 2.75) is 44.8 Å². The number of aliphatic hydroxyl groups excluding tert-OH is 1. The largest absolute Gasteiger partial charge is 0.391 e. The molecule has 0 aromatic heterocycles. The summed E-state index contributed by atoms with van der Waals surface area (Å²) in [4.78, 5) is 0. The van der Waals surface area contributed by atoms with E-state index in [0.717, 1.165) is 39.0 Å². The van der Waals surface area contributed by atoms with Crippen molar-refractivity contribution in [3.8, 4) is 0 Å². The fraction of sp³-hybridized carbons (Fsp3) is 1.00. The molecule has 1 heterocycles. The molecule has 0 aromatic carbocycles. The summed E-state index contributed by atoms with van der Waals surface area (Å²) < 4.78 is 5.43. The lowest BCUT2D eigenvalue weighted by molar-refractivity contribution is 0.0975. The molecule has 13 heavy (non-hydrogen) atoms. The lowest BCUT2D eigenvalue weighted by Gasteiger charge is -2.14. The van der Waals surface area contributed by atoms with E-state index in [1.165, 1.54) is 6.42 Å². The van der Waals surface area contributed by atoms with E-state index in [1.807, 2.05) is 0 Å². The molecule has 0 saturated carbocycles. The van der Waals surface area contributed by atoms with Gasteiger partial charge >= 0.3 is 0 Å². The van der Waals surface area contributed by atoms with Gasteiger partial charge in [0.2, 0.25) is 0 Å². The Balaban J connectivity index is 1.93. The summed E-state index contributed by atoms with van der Waals surface area (Å²) in [5.74, 6) is 0. The predicted octanol–water partition coefficient (Wildman–Crippen LogP) is 0.916. The molecule has 1 aliphatic rings. The van der Waals surface area contributed by atoms with Gasteiger partial charge in [0.15, 0.2) is 0 Å². The topological polar surface area (TPSA) is 41.5 Å². The molecule has 1 rings (SSSR count). The average Bonchev–Trinajstić information content (AvgIpc) is 2.52. The minimum atomic E-state index is -0.158. The zero-order valence-electron chi connectivity index (χ0n) is 8.46. The predicted molar refractivity (Wildman–Crippen MR) is 52.8 cm³/mol. The zero-order valence-corrected chi connectivity index (χ0v) is 8.46. The van der Waals surface area contributed by atoms with Crippen LogP contribution in [0.15, 0.2) is 0 Å². The molecule has 2 unspecified atom stereocenters. The normalized spacial score (nSPS) is 28.2. The van der Waals surface area contributed by atoms with Crippen LogP contribution in [-0.2, 0) is 4.74 Å². The van der Waals surface area contributed by atoms with Gasteiger partial charge in [0, 0.05) is 19.3 Å². The number of rotatable bonds is 6. The highest BCUT2D eigenvalue weighted by molar-refractivity contribution is 4.82. The van der Waals surface area contributed by atoms with Gasteiger partial charge < -0.3 is 15.2 Å². The SMILES string of the molecule is CCCCOCCC1NCCC1O. The highest BCUT2D eigenvalue weighted by atomic mass is 16.5. The standard InChI is InChI=1S/C10H21NO2/c1-2-3-7-13-8-5-9-10(12)4-6-11-9/h9-12H,2-8H2,1H3. The third-order valence-corrected chi connectivity index (χ3v) is 2.53. The van der Waals surface area contributed by atoms with Crippen molar-refractivity contribution in [3.63, 3.8) is 0 Å². The van der Waals surface area contributed by atoms with Crippen molar-refractivity contribution >= 4 is 0 Å². The Kier molecular flexibility index (Phi) is 5.35. The molecule has 0 aliphatic carbocycles. The fourth-order valence-electron chi connectivity index (χ4n) is 1.61. The second kappa shape index (κ2) is 6.35. The van der Waals surface area contributed by atoms with Gasteiger partial charge in [-0.1, -0.05) is 13.3 Å². The van der Waals surface area contributed by atoms with E-state index in [0.29, 0.717) is 0 Å². The number of nitrogens with one attached hydrogen (secondary N) is 1. The van der Waals surface area contributed by atoms with Crippen LogP contribution in [-0.4, -0.2) is 37.0 Å². The van der Waals surface area contributed by atoms with Gasteiger partial charge in [-0.25, -0.2) is 0 Å². The maximum absolute atomic E-state index is 9.47. The summed E-state index contributed by atoms with van der Waals surface area (Å²) in [6.45, 7) is 4.74. The lowest BCUT2D eigenvalue weighted by atomic mass is 10.1. The van der Waals surface area contributed by atoms with E-state index in [4.69, 9.17) is 4.74 Å². The van der Waals surface area contributed by atoms with Gasteiger partial charge in [-0.3, -0.25) is 0 Å². The molecule has 0 radical (unpaired) electrons. The molecule has 0 aromatic rings. The Morgan fingerprint density at radius 2 is 2.31 bits per heavy atom. The van der Waals surface area contributed by atoms with Crippen LogP contribution in [0.5, 0.6) is 0 Å². The van der Waals surface area contributed by atoms with Gasteiger partial charge in [0.1, 0.15) is 0 Å². The number of ether oxygens (including phenoxy) is 1. The van der Waals surface area contributed by atoms with Crippen LogP contribution < -0.4 is 5.32 Å². The molecule has 2 atom stereocenters. The zero-order chi connectivity index (χ0) is 9.52. The van der Waals surface area contributed by atoms with Crippen molar-refractivity contribution in [1.82, 2.24) is 5.32 Å². The molecule has 1 fully saturated rings. The summed E-state index contributed by atoms with van der Waals surface area (Å²) in [6, 6.07) is 0.265. The van der Waals surface area contributed by atoms with E-state index in [2.05, 4.69) is 12.2 Å². The summed E-state index contributed by atoms with van der Waals surface area (Å²) in [7, 11) is 0.